The predicted molar refractivity (Wildman–Crippen MR) is 31.2 cm³/mol. The molecule has 2 nitrogen and oxygen atoms in total. The maximum atomic E-state index is 5.21. The molecule has 1 radical (unpaired) electrons. The maximum absolute atomic E-state index is 5.21. The lowest BCUT2D eigenvalue weighted by Crippen LogP contribution is -2.10. The van der Waals surface area contributed by atoms with Gasteiger partial charge >= 0.3 is 0 Å². The number of hydrogen-bond acceptors (Lipinski definition) is 1. The van der Waals surface area contributed by atoms with Gasteiger partial charge in [-0.25, -0.2) is 5.32 Å². The van der Waals surface area contributed by atoms with E-state index in [1.807, 2.05) is 6.92 Å². The molecule has 0 saturated carbocycles. The lowest BCUT2D eigenvalue weighted by molar-refractivity contribution is 0.667. The average molecular weight is 101 g/mol. The summed E-state index contributed by atoms with van der Waals surface area (Å²) in [5, 5.41) is 4.08. The normalized spacial score (nSPS) is 9.43. The molecule has 43 valence electrons. The minimum atomic E-state index is 0.767. The fourth-order valence-corrected chi connectivity index (χ4v) is 0.361. The summed E-state index contributed by atoms with van der Waals surface area (Å²) in [5.41, 5.74) is 5.21. The lowest BCUT2D eigenvalue weighted by Gasteiger charge is -1.92. The highest BCUT2D eigenvalue weighted by Crippen LogP contribution is 1.68. The van der Waals surface area contributed by atoms with E-state index in [0.717, 1.165) is 26.1 Å². The van der Waals surface area contributed by atoms with Crippen LogP contribution < -0.4 is 11.1 Å². The summed E-state index contributed by atoms with van der Waals surface area (Å²) in [6.45, 7) is 4.67. The molecule has 0 bridgehead atoms. The van der Waals surface area contributed by atoms with Gasteiger partial charge in [-0.3, -0.25) is 0 Å². The van der Waals surface area contributed by atoms with Gasteiger partial charge in [0.1, 0.15) is 0 Å². The van der Waals surface area contributed by atoms with Crippen LogP contribution in [0.4, 0.5) is 0 Å². The van der Waals surface area contributed by atoms with Gasteiger partial charge in [-0.1, -0.05) is 6.92 Å². The van der Waals surface area contributed by atoms with Crippen LogP contribution in [0.25, 0.3) is 0 Å². The molecule has 0 spiro atoms. The third-order valence-electron chi connectivity index (χ3n) is 0.744. The van der Waals surface area contributed by atoms with Crippen LogP contribution in [0.1, 0.15) is 13.3 Å². The first-order valence-corrected chi connectivity index (χ1v) is 2.75. The Kier molecular flexibility index (Phi) is 5.85. The second-order valence-electron chi connectivity index (χ2n) is 1.41. The fraction of sp³-hybridized carbons (Fsp3) is 1.00. The van der Waals surface area contributed by atoms with E-state index in [1.54, 1.807) is 0 Å². The first-order valence-electron chi connectivity index (χ1n) is 2.75. The summed E-state index contributed by atoms with van der Waals surface area (Å²) in [6, 6.07) is 0. The molecule has 0 unspecified atom stereocenters. The van der Waals surface area contributed by atoms with E-state index in [-0.39, 0.29) is 0 Å². The summed E-state index contributed by atoms with van der Waals surface area (Å²) in [7, 11) is 0. The highest BCUT2D eigenvalue weighted by Gasteiger charge is 1.79. The number of nitrogens with two attached hydrogens (primary N) is 1. The quantitative estimate of drug-likeness (QED) is 0.496. The van der Waals surface area contributed by atoms with Crippen LogP contribution in [0.15, 0.2) is 0 Å². The van der Waals surface area contributed by atoms with E-state index in [4.69, 9.17) is 5.73 Å². The molecule has 0 heterocycles. The monoisotopic (exact) mass is 101 g/mol. The number of hydrogen-bond donors (Lipinski definition) is 1. The van der Waals surface area contributed by atoms with Crippen LogP contribution >= 0.6 is 0 Å². The summed E-state index contributed by atoms with van der Waals surface area (Å²) in [6.07, 6.45) is 1.04. The maximum Gasteiger partial charge on any atom is 0.0145 e. The zero-order chi connectivity index (χ0) is 5.54. The van der Waals surface area contributed by atoms with Crippen molar-refractivity contribution in [2.75, 3.05) is 19.6 Å². The van der Waals surface area contributed by atoms with Gasteiger partial charge < -0.3 is 5.73 Å². The van der Waals surface area contributed by atoms with Crippen LogP contribution in [0, 0.1) is 0 Å². The van der Waals surface area contributed by atoms with E-state index >= 15 is 0 Å². The highest BCUT2D eigenvalue weighted by molar-refractivity contribution is 4.41. The molecule has 0 aromatic rings. The molecule has 0 aliphatic carbocycles. The van der Waals surface area contributed by atoms with Gasteiger partial charge in [-0.2, -0.15) is 0 Å². The molecule has 0 saturated heterocycles. The fourth-order valence-electron chi connectivity index (χ4n) is 0.361. The summed E-state index contributed by atoms with van der Waals surface area (Å²) < 4.78 is 0. The van der Waals surface area contributed by atoms with E-state index in [2.05, 4.69) is 5.32 Å². The Hall–Kier alpha value is -0.0800. The van der Waals surface area contributed by atoms with Crippen LogP contribution in [-0.2, 0) is 0 Å². The first-order chi connectivity index (χ1) is 3.41. The molecule has 0 aliphatic rings. The van der Waals surface area contributed by atoms with Gasteiger partial charge in [0.05, 0.1) is 0 Å². The molecule has 0 aromatic heterocycles. The molecule has 7 heavy (non-hydrogen) atoms. The van der Waals surface area contributed by atoms with Crippen molar-refractivity contribution >= 4 is 0 Å². The Bertz CT molecular complexity index is 25.3. The van der Waals surface area contributed by atoms with Gasteiger partial charge in [0.15, 0.2) is 0 Å². The molecular formula is C5H13N2. The predicted octanol–water partition coefficient (Wildman–Crippen LogP) is -0.0405. The smallest absolute Gasteiger partial charge is 0.0145 e. The topological polar surface area (TPSA) is 40.1 Å². The van der Waals surface area contributed by atoms with Gasteiger partial charge in [0, 0.05) is 13.1 Å². The van der Waals surface area contributed by atoms with E-state index < -0.39 is 0 Å². The van der Waals surface area contributed by atoms with Crippen molar-refractivity contribution in [3.8, 4) is 0 Å². The van der Waals surface area contributed by atoms with Crippen LogP contribution in [-0.4, -0.2) is 19.6 Å². The van der Waals surface area contributed by atoms with Gasteiger partial charge in [-0.05, 0) is 13.0 Å². The molecule has 0 fully saturated rings. The van der Waals surface area contributed by atoms with Crippen molar-refractivity contribution < 1.29 is 0 Å². The Balaban J connectivity index is 2.45. The van der Waals surface area contributed by atoms with Crippen molar-refractivity contribution in [1.82, 2.24) is 5.32 Å². The van der Waals surface area contributed by atoms with Crippen LogP contribution in [0.3, 0.4) is 0 Å². The molecule has 0 aromatic carbocycles. The number of rotatable bonds is 4. The zero-order valence-corrected chi connectivity index (χ0v) is 4.85. The molecule has 2 N–H and O–H groups in total. The van der Waals surface area contributed by atoms with Crippen molar-refractivity contribution in [3.63, 3.8) is 0 Å². The third kappa shape index (κ3) is 5.92. The largest absolute Gasteiger partial charge is 0.330 e. The molecule has 0 atom stereocenters. The Morgan fingerprint density at radius 2 is 2.29 bits per heavy atom. The van der Waals surface area contributed by atoms with E-state index in [0.29, 0.717) is 0 Å². The average Bonchev–Trinajstić information content (AvgIpc) is 1.69. The van der Waals surface area contributed by atoms with Gasteiger partial charge in [0.2, 0.25) is 0 Å². The minimum Gasteiger partial charge on any atom is -0.330 e. The third-order valence-corrected chi connectivity index (χ3v) is 0.744. The summed E-state index contributed by atoms with van der Waals surface area (Å²) >= 11 is 0. The van der Waals surface area contributed by atoms with Crippen molar-refractivity contribution in [1.29, 1.82) is 0 Å². The Morgan fingerprint density at radius 1 is 1.57 bits per heavy atom. The second-order valence-corrected chi connectivity index (χ2v) is 1.41. The first kappa shape index (κ1) is 6.92. The standard InChI is InChI=1S/C5H13N2/c1-2-7-5-3-4-6/h2-6H2,1H3. The van der Waals surface area contributed by atoms with E-state index in [9.17, 15) is 0 Å². The molecule has 2 heteroatoms. The second kappa shape index (κ2) is 5.92. The molecule has 0 aliphatic heterocycles. The highest BCUT2D eigenvalue weighted by atomic mass is 14.8. The molecular weight excluding hydrogens is 88.1 g/mol. The van der Waals surface area contributed by atoms with Crippen molar-refractivity contribution in [2.24, 2.45) is 5.73 Å². The Labute approximate surface area is 45.1 Å². The van der Waals surface area contributed by atoms with Crippen molar-refractivity contribution in [3.05, 3.63) is 0 Å². The Morgan fingerprint density at radius 3 is 2.71 bits per heavy atom. The minimum absolute atomic E-state index is 0.767. The van der Waals surface area contributed by atoms with E-state index in [1.165, 1.54) is 0 Å². The summed E-state index contributed by atoms with van der Waals surface area (Å²) in [5.74, 6) is 0. The number of nitrogens with zero attached hydrogens (tertiary/aromatic N) is 1. The van der Waals surface area contributed by atoms with Gasteiger partial charge in [0.25, 0.3) is 0 Å². The lowest BCUT2D eigenvalue weighted by atomic mass is 10.4. The zero-order valence-electron chi connectivity index (χ0n) is 4.85. The SMILES string of the molecule is CC[N]CCCN. The molecule has 0 rings (SSSR count). The summed E-state index contributed by atoms with van der Waals surface area (Å²) in [4.78, 5) is 0. The van der Waals surface area contributed by atoms with Gasteiger partial charge in [-0.15, -0.1) is 0 Å². The van der Waals surface area contributed by atoms with Crippen LogP contribution in [0.5, 0.6) is 0 Å². The van der Waals surface area contributed by atoms with Crippen LogP contribution in [0.2, 0.25) is 0 Å². The molecule has 0 amide bonds. The van der Waals surface area contributed by atoms with Crippen molar-refractivity contribution in [2.45, 2.75) is 13.3 Å².